The molecule has 0 unspecified atom stereocenters. The van der Waals surface area contributed by atoms with Crippen LogP contribution in [0.4, 0.5) is 5.00 Å². The molecule has 0 aliphatic heterocycles. The number of aromatic hydroxyl groups is 1. The molecule has 2 rings (SSSR count). The second-order valence-corrected chi connectivity index (χ2v) is 4.30. The van der Waals surface area contributed by atoms with Gasteiger partial charge in [-0.25, -0.2) is 0 Å². The summed E-state index contributed by atoms with van der Waals surface area (Å²) in [7, 11) is 1.62. The van der Waals surface area contributed by atoms with E-state index in [1.54, 1.807) is 7.11 Å². The van der Waals surface area contributed by atoms with Crippen LogP contribution in [0, 0.1) is 11.3 Å². The zero-order valence-corrected chi connectivity index (χ0v) is 10.5. The Morgan fingerprint density at radius 1 is 1.44 bits per heavy atom. The number of hydrogen-bond donors (Lipinski definition) is 2. The highest BCUT2D eigenvalue weighted by atomic mass is 32.1. The number of nitrogens with zero attached hydrogens (tertiary/aromatic N) is 2. The van der Waals surface area contributed by atoms with Crippen LogP contribution in [0.1, 0.15) is 11.1 Å². The molecule has 0 amide bonds. The van der Waals surface area contributed by atoms with Crippen LogP contribution in [-0.2, 0) is 6.54 Å². The minimum Gasteiger partial charge on any atom is -0.497 e. The number of aromatic nitrogens is 1. The maximum atomic E-state index is 9.32. The van der Waals surface area contributed by atoms with Crippen LogP contribution < -0.4 is 10.1 Å². The third-order valence-electron chi connectivity index (χ3n) is 2.40. The summed E-state index contributed by atoms with van der Waals surface area (Å²) < 4.78 is 8.79. The fourth-order valence-corrected chi connectivity index (χ4v) is 2.06. The van der Waals surface area contributed by atoms with Gasteiger partial charge in [-0.3, -0.25) is 0 Å². The lowest BCUT2D eigenvalue weighted by Gasteiger charge is -2.05. The molecule has 1 aromatic heterocycles. The first kappa shape index (κ1) is 12.2. The van der Waals surface area contributed by atoms with Crippen molar-refractivity contribution >= 4 is 16.5 Å². The average molecular weight is 261 g/mol. The van der Waals surface area contributed by atoms with E-state index in [9.17, 15) is 5.11 Å². The summed E-state index contributed by atoms with van der Waals surface area (Å²) >= 11 is 1.07. The Labute approximate surface area is 108 Å². The fraction of sp³-hybridized carbons (Fsp3) is 0.167. The zero-order chi connectivity index (χ0) is 13.0. The molecule has 0 saturated carbocycles. The smallest absolute Gasteiger partial charge is 0.243 e. The van der Waals surface area contributed by atoms with Crippen molar-refractivity contribution in [3.63, 3.8) is 0 Å². The number of nitriles is 1. The number of ether oxygens (including phenoxy) is 1. The van der Waals surface area contributed by atoms with Gasteiger partial charge in [-0.2, -0.15) is 9.64 Å². The molecule has 0 bridgehead atoms. The molecule has 0 spiro atoms. The topological polar surface area (TPSA) is 78.2 Å². The lowest BCUT2D eigenvalue weighted by atomic mass is 10.2. The maximum absolute atomic E-state index is 9.32. The lowest BCUT2D eigenvalue weighted by molar-refractivity contribution is 0.414. The molecular weight excluding hydrogens is 250 g/mol. The molecule has 6 heteroatoms. The Morgan fingerprint density at radius 2 is 2.17 bits per heavy atom. The number of benzene rings is 1. The molecule has 0 aliphatic carbocycles. The van der Waals surface area contributed by atoms with Gasteiger partial charge in [0.2, 0.25) is 5.88 Å². The van der Waals surface area contributed by atoms with Crippen molar-refractivity contribution in [3.05, 3.63) is 35.4 Å². The predicted molar refractivity (Wildman–Crippen MR) is 68.8 cm³/mol. The van der Waals surface area contributed by atoms with Crippen LogP contribution in [0.2, 0.25) is 0 Å². The monoisotopic (exact) mass is 261 g/mol. The van der Waals surface area contributed by atoms with Gasteiger partial charge < -0.3 is 15.2 Å². The van der Waals surface area contributed by atoms with Crippen LogP contribution in [0.5, 0.6) is 11.6 Å². The second-order valence-electron chi connectivity index (χ2n) is 3.52. The highest BCUT2D eigenvalue weighted by Crippen LogP contribution is 2.28. The number of nitrogens with one attached hydrogen (secondary N) is 1. The predicted octanol–water partition coefficient (Wildman–Crippen LogP) is 2.34. The molecule has 5 nitrogen and oxygen atoms in total. The minimum atomic E-state index is -0.222. The zero-order valence-electron chi connectivity index (χ0n) is 9.67. The summed E-state index contributed by atoms with van der Waals surface area (Å²) in [5.41, 5.74) is 1.24. The van der Waals surface area contributed by atoms with Crippen molar-refractivity contribution in [2.24, 2.45) is 0 Å². The van der Waals surface area contributed by atoms with Gasteiger partial charge in [0, 0.05) is 6.54 Å². The molecule has 0 atom stereocenters. The van der Waals surface area contributed by atoms with Crippen molar-refractivity contribution < 1.29 is 9.84 Å². The van der Waals surface area contributed by atoms with Crippen molar-refractivity contribution in [3.8, 4) is 17.7 Å². The molecule has 0 saturated heterocycles. The number of rotatable bonds is 4. The lowest BCUT2D eigenvalue weighted by Crippen LogP contribution is -1.98. The van der Waals surface area contributed by atoms with Crippen LogP contribution >= 0.6 is 11.5 Å². The quantitative estimate of drug-likeness (QED) is 0.883. The number of hydrogen-bond acceptors (Lipinski definition) is 6. The first-order valence-corrected chi connectivity index (χ1v) is 5.97. The third-order valence-corrected chi connectivity index (χ3v) is 3.19. The van der Waals surface area contributed by atoms with E-state index in [1.807, 2.05) is 30.3 Å². The first-order chi connectivity index (χ1) is 8.74. The Kier molecular flexibility index (Phi) is 3.65. The van der Waals surface area contributed by atoms with E-state index in [-0.39, 0.29) is 11.4 Å². The first-order valence-electron chi connectivity index (χ1n) is 5.20. The molecular formula is C12H11N3O2S. The van der Waals surface area contributed by atoms with E-state index in [0.717, 1.165) is 22.8 Å². The van der Waals surface area contributed by atoms with Crippen molar-refractivity contribution in [1.29, 1.82) is 5.26 Å². The Bertz CT molecular complexity index is 572. The van der Waals surface area contributed by atoms with Crippen LogP contribution in [0.25, 0.3) is 0 Å². The Hall–Kier alpha value is -2.26. The van der Waals surface area contributed by atoms with Gasteiger partial charge in [0.25, 0.3) is 0 Å². The van der Waals surface area contributed by atoms with Gasteiger partial charge in [0.1, 0.15) is 22.4 Å². The molecule has 1 heterocycles. The molecule has 92 valence electrons. The van der Waals surface area contributed by atoms with Crippen molar-refractivity contribution in [1.82, 2.24) is 4.37 Å². The molecule has 2 N–H and O–H groups in total. The van der Waals surface area contributed by atoms with E-state index in [1.165, 1.54) is 0 Å². The van der Waals surface area contributed by atoms with Crippen molar-refractivity contribution in [2.75, 3.05) is 12.4 Å². The van der Waals surface area contributed by atoms with Gasteiger partial charge in [0.05, 0.1) is 7.11 Å². The van der Waals surface area contributed by atoms with E-state index in [4.69, 9.17) is 10.00 Å². The van der Waals surface area contributed by atoms with Gasteiger partial charge >= 0.3 is 0 Å². The van der Waals surface area contributed by atoms with Gasteiger partial charge in [-0.1, -0.05) is 12.1 Å². The molecule has 0 radical (unpaired) electrons. The maximum Gasteiger partial charge on any atom is 0.243 e. The van der Waals surface area contributed by atoms with Crippen molar-refractivity contribution in [2.45, 2.75) is 6.54 Å². The Balaban J connectivity index is 2.04. The summed E-state index contributed by atoms with van der Waals surface area (Å²) in [6.07, 6.45) is 0. The normalized spacial score (nSPS) is 9.78. The SMILES string of the molecule is COc1ccc(CNc2snc(O)c2C#N)cc1. The highest BCUT2D eigenvalue weighted by Gasteiger charge is 2.11. The van der Waals surface area contributed by atoms with Gasteiger partial charge in [-0.05, 0) is 29.2 Å². The van der Waals surface area contributed by atoms with E-state index >= 15 is 0 Å². The molecule has 2 aromatic rings. The fourth-order valence-electron chi connectivity index (χ4n) is 1.43. The standard InChI is InChI=1S/C12H11N3O2S/c1-17-9-4-2-8(3-5-9)7-14-12-10(6-13)11(16)15-18-12/h2-5,14H,7H2,1H3,(H,15,16). The second kappa shape index (κ2) is 5.38. The Morgan fingerprint density at radius 3 is 2.78 bits per heavy atom. The summed E-state index contributed by atoms with van der Waals surface area (Å²) in [6.45, 7) is 0.556. The summed E-state index contributed by atoms with van der Waals surface area (Å²) in [6, 6.07) is 9.51. The summed E-state index contributed by atoms with van der Waals surface area (Å²) in [4.78, 5) is 0. The van der Waals surface area contributed by atoms with Gasteiger partial charge in [-0.15, -0.1) is 0 Å². The minimum absolute atomic E-state index is 0.188. The van der Waals surface area contributed by atoms with Crippen LogP contribution in [0.3, 0.4) is 0 Å². The van der Waals surface area contributed by atoms with Crippen LogP contribution in [0.15, 0.2) is 24.3 Å². The molecule has 18 heavy (non-hydrogen) atoms. The van der Waals surface area contributed by atoms with Gasteiger partial charge in [0.15, 0.2) is 0 Å². The van der Waals surface area contributed by atoms with E-state index < -0.39 is 0 Å². The molecule has 0 aliphatic rings. The molecule has 1 aromatic carbocycles. The number of anilines is 1. The molecule has 0 fully saturated rings. The summed E-state index contributed by atoms with van der Waals surface area (Å²) in [5.74, 6) is 0.576. The number of methoxy groups -OCH3 is 1. The van der Waals surface area contributed by atoms with E-state index in [2.05, 4.69) is 9.69 Å². The third kappa shape index (κ3) is 2.52. The largest absolute Gasteiger partial charge is 0.497 e. The summed E-state index contributed by atoms with van der Waals surface area (Å²) in [5, 5.41) is 21.8. The van der Waals surface area contributed by atoms with Crippen LogP contribution in [-0.4, -0.2) is 16.6 Å². The average Bonchev–Trinajstić information content (AvgIpc) is 2.77. The van der Waals surface area contributed by atoms with E-state index in [0.29, 0.717) is 11.5 Å². The highest BCUT2D eigenvalue weighted by molar-refractivity contribution is 7.10.